The van der Waals surface area contributed by atoms with E-state index in [1.54, 1.807) is 91.6 Å². The summed E-state index contributed by atoms with van der Waals surface area (Å²) in [6.07, 6.45) is -14.9. The summed E-state index contributed by atoms with van der Waals surface area (Å²) in [4.78, 5) is 164. The molecule has 0 aromatic heterocycles. The van der Waals surface area contributed by atoms with Crippen LogP contribution in [-0.2, 0) is 83.0 Å². The number of amides is 10. The van der Waals surface area contributed by atoms with Crippen LogP contribution in [0.1, 0.15) is 133 Å². The summed E-state index contributed by atoms with van der Waals surface area (Å²) in [6.45, 7) is 15.6. The van der Waals surface area contributed by atoms with Gasteiger partial charge in [0.1, 0.15) is 49.1 Å². The Balaban J connectivity index is 1.43. The first-order valence-electron chi connectivity index (χ1n) is 35.1. The third-order valence-corrected chi connectivity index (χ3v) is 18.4. The number of rotatable bonds is 40. The normalized spacial score (nSPS) is 21.1. The molecule has 0 bridgehead atoms. The largest absolute Gasteiger partial charge is 0.481 e. The molecular weight excluding hydrogens is 1350 g/mol. The number of carbonyl (C=O) groups is 12. The molecule has 576 valence electrons. The minimum absolute atomic E-state index is 0.0992. The molecule has 103 heavy (non-hydrogen) atoms. The zero-order chi connectivity index (χ0) is 78.1. The van der Waals surface area contributed by atoms with E-state index in [1.165, 1.54) is 50.4 Å². The topological polar surface area (TPSA) is 466 Å². The Morgan fingerprint density at radius 3 is 1.91 bits per heavy atom. The van der Waals surface area contributed by atoms with Crippen LogP contribution >= 0.6 is 0 Å². The maximum Gasteiger partial charge on any atom is 0.410 e. The summed E-state index contributed by atoms with van der Waals surface area (Å²) in [5, 5.41) is 78.5. The molecule has 2 aromatic rings. The summed E-state index contributed by atoms with van der Waals surface area (Å²) in [5.74, 6) is -12.0. The highest BCUT2D eigenvalue weighted by Gasteiger charge is 2.49. The Morgan fingerprint density at radius 1 is 0.699 bits per heavy atom. The van der Waals surface area contributed by atoms with Gasteiger partial charge in [0.05, 0.1) is 68.3 Å². The molecule has 2 fully saturated rings. The number of methoxy groups -OCH3 is 2. The number of benzene rings is 2. The molecule has 2 aliphatic heterocycles. The van der Waals surface area contributed by atoms with Gasteiger partial charge in [-0.15, -0.1) is 0 Å². The second kappa shape index (κ2) is 41.8. The smallest absolute Gasteiger partial charge is 0.410 e. The number of carboxylic acids is 2. The van der Waals surface area contributed by atoms with Crippen LogP contribution in [0.4, 0.5) is 10.5 Å². The highest BCUT2D eigenvalue weighted by atomic mass is 16.7. The van der Waals surface area contributed by atoms with Gasteiger partial charge in [-0.25, -0.2) is 9.59 Å². The molecule has 0 aliphatic carbocycles. The SMILES string of the molecule is [3H]C(CC(=O)O)C(=O)NCC(=O)NCCC(=O)N[C@H](C(=O)NC(CO[C@@H]1O[C@H](C(=O)O)[C@@H](O)[C@H](O)[C@H]1O)C(=O)Nc1ccc(COC(=O)N(C)[C@H](C(=O)NC(C(=O)N(C)[C@@H]([C@@H](C)CC)[C@@H](CC(=O)N2CCC[C@H]2[C@H](OC)[C@@H](C)C(=O)N[C@H](C)[C@@H](O)c2ccccc2)OC)C(C)C)C(C)C)cc1)C(C)C. The van der Waals surface area contributed by atoms with Gasteiger partial charge in [-0.3, -0.25) is 52.8 Å². The Bertz CT molecular complexity index is 3210. The number of aliphatic hydroxyl groups excluding tert-OH is 4. The molecule has 2 aliphatic rings. The number of ether oxygens (including phenoxy) is 5. The first kappa shape index (κ1) is 85.2. The highest BCUT2D eigenvalue weighted by molar-refractivity contribution is 5.99. The third-order valence-electron chi connectivity index (χ3n) is 18.4. The first-order chi connectivity index (χ1) is 48.9. The number of anilines is 1. The lowest BCUT2D eigenvalue weighted by Gasteiger charge is -2.41. The first-order valence-corrected chi connectivity index (χ1v) is 34.5. The zero-order valence-electron chi connectivity index (χ0n) is 62.1. The third kappa shape index (κ3) is 25.4. The molecule has 0 radical (unpaired) electrons. The number of nitrogens with one attached hydrogen (secondary N) is 7. The fourth-order valence-electron chi connectivity index (χ4n) is 12.3. The van der Waals surface area contributed by atoms with E-state index >= 15 is 0 Å². The highest BCUT2D eigenvalue weighted by Crippen LogP contribution is 2.31. The van der Waals surface area contributed by atoms with Crippen LogP contribution in [-0.4, -0.2) is 256 Å². The summed E-state index contributed by atoms with van der Waals surface area (Å²) in [7, 11) is 5.92. The van der Waals surface area contributed by atoms with E-state index in [-0.39, 0.29) is 43.0 Å². The van der Waals surface area contributed by atoms with Crippen LogP contribution in [0.2, 0.25) is 0 Å². The van der Waals surface area contributed by atoms with Crippen LogP contribution in [0, 0.1) is 29.6 Å². The molecule has 0 spiro atoms. The van der Waals surface area contributed by atoms with Crippen molar-refractivity contribution in [1.82, 2.24) is 46.6 Å². The van der Waals surface area contributed by atoms with Gasteiger partial charge in [0.25, 0.3) is 0 Å². The lowest BCUT2D eigenvalue weighted by molar-refractivity contribution is -0.294. The fourth-order valence-corrected chi connectivity index (χ4v) is 12.3. The summed E-state index contributed by atoms with van der Waals surface area (Å²) in [6, 6.07) is 7.56. The van der Waals surface area contributed by atoms with E-state index in [2.05, 4.69) is 37.2 Å². The minimum atomic E-state index is -2.09. The van der Waals surface area contributed by atoms with Crippen LogP contribution in [0.5, 0.6) is 0 Å². The fraction of sp³-hybridized carbons (Fsp3) is 0.657. The standard InChI is InChI=1S/C70H108N10O23/c1-15-39(8)56(47(99-13)32-51(84)80-31-19-22-46(80)61(100-14)40(9)63(91)73-41(10)57(87)43-20-17-16-18-21-43)78(11)67(95)54(37(4)5)77-66(94)55(38(6)7)79(12)70(98)102-34-42-23-25-44(26-24-42)74-64(92)45(35-101-69-60(90)58(88)59(89)62(103-69)68(96)97)75-65(93)53(36(2)3)76-49(82)29-30-71-50(83)33-72-48(81)27-28-52(85)86/h16-18,20-21,23-26,36-41,45-47,53-62,69,87-90H,15,19,22,27-35H2,1-14H3,(H,71,83)(H,72,81)(H,73,91)(H,74,92)(H,75,93)(H,76,82)(H,77,94)(H,85,86)(H,96,97)/t39-,40+,41+,45?,46-,47+,53-,54?,55-,56-,57+,58-,59-,60+,61+,62-,69+/m0/s1/i27T/t27?,39-,40+,41+,45?,46-,47+,53-,54?,55-,56-,57+,58-,59-,60+,61+,62-,69+. The van der Waals surface area contributed by atoms with Crippen molar-refractivity contribution in [3.8, 4) is 0 Å². The van der Waals surface area contributed by atoms with Gasteiger partial charge in [-0.2, -0.15) is 0 Å². The number of likely N-dealkylation sites (N-methyl/N-ethyl adjacent to an activating group) is 2. The summed E-state index contributed by atoms with van der Waals surface area (Å²) < 4.78 is 36.0. The maximum absolute atomic E-state index is 14.9. The van der Waals surface area contributed by atoms with Gasteiger partial charge < -0.3 is 101 Å². The Labute approximate surface area is 601 Å². The number of hydrogen-bond acceptors (Lipinski definition) is 21. The molecule has 18 atom stereocenters. The van der Waals surface area contributed by atoms with Gasteiger partial charge >= 0.3 is 18.0 Å². The Kier molecular flexibility index (Phi) is 34.5. The van der Waals surface area contributed by atoms with E-state index in [9.17, 15) is 83.1 Å². The molecule has 13 N–H and O–H groups in total. The van der Waals surface area contributed by atoms with E-state index in [1.807, 2.05) is 19.9 Å². The van der Waals surface area contributed by atoms with E-state index in [0.29, 0.717) is 36.9 Å². The van der Waals surface area contributed by atoms with Crippen LogP contribution in [0.15, 0.2) is 54.6 Å². The molecule has 2 aromatic carbocycles. The number of carbonyl (C=O) groups excluding carboxylic acids is 10. The second-order valence-electron chi connectivity index (χ2n) is 27.1. The second-order valence-corrected chi connectivity index (χ2v) is 27.1. The van der Waals surface area contributed by atoms with Crippen molar-refractivity contribution in [3.05, 3.63) is 65.7 Å². The lowest BCUT2D eigenvalue weighted by atomic mass is 9.89. The molecule has 33 heteroatoms. The average molecular weight is 1460 g/mol. The maximum atomic E-state index is 14.9. The molecule has 2 saturated heterocycles. The Morgan fingerprint density at radius 2 is 1.34 bits per heavy atom. The monoisotopic (exact) mass is 1460 g/mol. The van der Waals surface area contributed by atoms with Crippen molar-refractivity contribution in [2.45, 2.75) is 212 Å². The van der Waals surface area contributed by atoms with E-state index < -0.39 is 207 Å². The molecule has 2 heterocycles. The van der Waals surface area contributed by atoms with Gasteiger partial charge in [0.2, 0.25) is 53.2 Å². The number of aliphatic carboxylic acids is 2. The predicted octanol–water partition coefficient (Wildman–Crippen LogP) is 0.539. The summed E-state index contributed by atoms with van der Waals surface area (Å²) >= 11 is 0. The van der Waals surface area contributed by atoms with Crippen molar-refractivity contribution < 1.29 is 113 Å². The number of hydrogen-bond donors (Lipinski definition) is 13. The number of carboxylic acid groups (broad SMARTS) is 2. The predicted molar refractivity (Wildman–Crippen MR) is 370 cm³/mol. The minimum Gasteiger partial charge on any atom is -0.481 e. The van der Waals surface area contributed by atoms with E-state index in [0.717, 1.165) is 4.90 Å². The van der Waals surface area contributed by atoms with Gasteiger partial charge in [-0.1, -0.05) is 111 Å². The van der Waals surface area contributed by atoms with E-state index in [4.69, 9.17) is 30.2 Å². The van der Waals surface area contributed by atoms with Gasteiger partial charge in [0, 0.05) is 61.3 Å². The van der Waals surface area contributed by atoms with Crippen LogP contribution < -0.4 is 37.2 Å². The van der Waals surface area contributed by atoms with Crippen molar-refractivity contribution in [3.63, 3.8) is 0 Å². The quantitative estimate of drug-likeness (QED) is 0.0433. The Hall–Kier alpha value is -8.44. The van der Waals surface area contributed by atoms with Crippen molar-refractivity contribution >= 4 is 76.9 Å². The number of aliphatic hydroxyl groups is 4. The lowest BCUT2D eigenvalue weighted by Crippen LogP contribution is -2.61. The van der Waals surface area contributed by atoms with Crippen LogP contribution in [0.3, 0.4) is 0 Å². The van der Waals surface area contributed by atoms with Crippen molar-refractivity contribution in [1.29, 1.82) is 0 Å². The molecule has 4 rings (SSSR count). The molecule has 33 nitrogen and oxygen atoms in total. The average Bonchev–Trinajstić information content (AvgIpc) is 1.25. The number of nitrogens with zero attached hydrogens (tertiary/aromatic N) is 3. The zero-order valence-corrected chi connectivity index (χ0v) is 61.1. The number of likely N-dealkylation sites (tertiary alicyclic amines) is 1. The molecule has 10 amide bonds. The van der Waals surface area contributed by atoms with Crippen molar-refractivity contribution in [2.75, 3.05) is 59.9 Å². The molecular formula is C70H108N10O23. The van der Waals surface area contributed by atoms with Gasteiger partial charge in [0.15, 0.2) is 12.4 Å². The van der Waals surface area contributed by atoms with Crippen molar-refractivity contribution in [2.24, 2.45) is 29.6 Å². The van der Waals surface area contributed by atoms with Crippen LogP contribution in [0.25, 0.3) is 0 Å². The molecule has 0 saturated carbocycles. The summed E-state index contributed by atoms with van der Waals surface area (Å²) in [5.41, 5.74) is 1.13. The van der Waals surface area contributed by atoms with Gasteiger partial charge in [-0.05, 0) is 66.7 Å². The molecule has 3 unspecified atom stereocenters.